The monoisotopic (exact) mass is 429 g/mol. The zero-order valence-electron chi connectivity index (χ0n) is 14.3. The van der Waals surface area contributed by atoms with Crippen LogP contribution in [0.15, 0.2) is 53.0 Å². The SMILES string of the molecule is COc1c2c(n(-c3ccc(Cl)cc3)c1-c1ccc(Br)cc1)CCCC2=O. The molecule has 1 heterocycles. The maximum atomic E-state index is 12.7. The molecular formula is C21H17BrClNO2. The van der Waals surface area contributed by atoms with E-state index in [4.69, 9.17) is 16.3 Å². The summed E-state index contributed by atoms with van der Waals surface area (Å²) in [5.41, 5.74) is 4.61. The predicted octanol–water partition coefficient (Wildman–Crippen LogP) is 6.09. The Bertz CT molecular complexity index is 912. The second-order valence-corrected chi connectivity index (χ2v) is 7.65. The number of nitrogens with zero attached hydrogens (tertiary/aromatic N) is 1. The van der Waals surface area contributed by atoms with E-state index in [2.05, 4.69) is 20.5 Å². The van der Waals surface area contributed by atoms with Gasteiger partial charge in [-0.25, -0.2) is 0 Å². The van der Waals surface area contributed by atoms with Crippen molar-refractivity contribution in [1.82, 2.24) is 4.57 Å². The zero-order chi connectivity index (χ0) is 18.3. The van der Waals surface area contributed by atoms with Crippen molar-refractivity contribution in [1.29, 1.82) is 0 Å². The summed E-state index contributed by atoms with van der Waals surface area (Å²) in [6, 6.07) is 15.7. The first kappa shape index (κ1) is 17.4. The van der Waals surface area contributed by atoms with E-state index in [-0.39, 0.29) is 5.78 Å². The van der Waals surface area contributed by atoms with Crippen LogP contribution in [0.3, 0.4) is 0 Å². The van der Waals surface area contributed by atoms with Gasteiger partial charge in [0.2, 0.25) is 0 Å². The van der Waals surface area contributed by atoms with Crippen LogP contribution in [0.2, 0.25) is 5.02 Å². The summed E-state index contributed by atoms with van der Waals surface area (Å²) in [6.07, 6.45) is 2.26. The molecule has 132 valence electrons. The van der Waals surface area contributed by atoms with Crippen molar-refractivity contribution in [2.45, 2.75) is 19.3 Å². The number of carbonyl (C=O) groups excluding carboxylic acids is 1. The Hall–Kier alpha value is -2.04. The van der Waals surface area contributed by atoms with Gasteiger partial charge in [0, 0.05) is 32.9 Å². The van der Waals surface area contributed by atoms with Gasteiger partial charge in [-0.05, 0) is 49.2 Å². The molecule has 0 radical (unpaired) electrons. The molecule has 0 spiro atoms. The number of halogens is 2. The molecular weight excluding hydrogens is 414 g/mol. The number of hydrogen-bond donors (Lipinski definition) is 0. The minimum atomic E-state index is 0.147. The predicted molar refractivity (Wildman–Crippen MR) is 108 cm³/mol. The number of methoxy groups -OCH3 is 1. The van der Waals surface area contributed by atoms with Crippen LogP contribution in [0.1, 0.15) is 28.9 Å². The summed E-state index contributed by atoms with van der Waals surface area (Å²) in [5, 5.41) is 0.683. The Morgan fingerprint density at radius 2 is 1.73 bits per heavy atom. The number of carbonyl (C=O) groups is 1. The molecule has 5 heteroatoms. The zero-order valence-corrected chi connectivity index (χ0v) is 16.6. The highest BCUT2D eigenvalue weighted by Gasteiger charge is 2.31. The lowest BCUT2D eigenvalue weighted by Gasteiger charge is -2.16. The Morgan fingerprint density at radius 1 is 1.04 bits per heavy atom. The van der Waals surface area contributed by atoms with Gasteiger partial charge in [0.1, 0.15) is 0 Å². The maximum absolute atomic E-state index is 12.7. The van der Waals surface area contributed by atoms with Gasteiger partial charge in [-0.1, -0.05) is 39.7 Å². The largest absolute Gasteiger partial charge is 0.494 e. The van der Waals surface area contributed by atoms with Gasteiger partial charge < -0.3 is 9.30 Å². The summed E-state index contributed by atoms with van der Waals surface area (Å²) >= 11 is 9.56. The molecule has 0 N–H and O–H groups in total. The van der Waals surface area contributed by atoms with E-state index in [1.54, 1.807) is 7.11 Å². The molecule has 0 saturated heterocycles. The Balaban J connectivity index is 2.06. The fraction of sp³-hybridized carbons (Fsp3) is 0.190. The molecule has 4 rings (SSSR count). The molecule has 3 aromatic rings. The van der Waals surface area contributed by atoms with Gasteiger partial charge in [0.15, 0.2) is 11.5 Å². The summed E-state index contributed by atoms with van der Waals surface area (Å²) in [6.45, 7) is 0. The van der Waals surface area contributed by atoms with E-state index in [9.17, 15) is 4.79 Å². The molecule has 0 atom stereocenters. The Morgan fingerprint density at radius 3 is 2.38 bits per heavy atom. The first-order valence-corrected chi connectivity index (χ1v) is 9.64. The van der Waals surface area contributed by atoms with Gasteiger partial charge in [-0.3, -0.25) is 4.79 Å². The number of hydrogen-bond acceptors (Lipinski definition) is 2. The van der Waals surface area contributed by atoms with Crippen molar-refractivity contribution in [3.8, 4) is 22.7 Å². The number of ketones is 1. The van der Waals surface area contributed by atoms with Crippen LogP contribution in [-0.4, -0.2) is 17.5 Å². The highest BCUT2D eigenvalue weighted by atomic mass is 79.9. The number of rotatable bonds is 3. The molecule has 3 nitrogen and oxygen atoms in total. The van der Waals surface area contributed by atoms with E-state index in [0.29, 0.717) is 22.8 Å². The maximum Gasteiger partial charge on any atom is 0.168 e. The molecule has 0 fully saturated rings. The van der Waals surface area contributed by atoms with Crippen molar-refractivity contribution < 1.29 is 9.53 Å². The van der Waals surface area contributed by atoms with Gasteiger partial charge in [-0.15, -0.1) is 0 Å². The normalized spacial score (nSPS) is 13.6. The van der Waals surface area contributed by atoms with Crippen molar-refractivity contribution in [3.05, 3.63) is 69.3 Å². The van der Waals surface area contributed by atoms with Crippen molar-refractivity contribution >= 4 is 33.3 Å². The summed E-state index contributed by atoms with van der Waals surface area (Å²) in [4.78, 5) is 12.7. The topological polar surface area (TPSA) is 31.2 Å². The highest BCUT2D eigenvalue weighted by molar-refractivity contribution is 9.10. The summed E-state index contributed by atoms with van der Waals surface area (Å²) in [7, 11) is 1.63. The average Bonchev–Trinajstić information content (AvgIpc) is 2.99. The van der Waals surface area contributed by atoms with Gasteiger partial charge >= 0.3 is 0 Å². The highest BCUT2D eigenvalue weighted by Crippen LogP contribution is 2.43. The van der Waals surface area contributed by atoms with Crippen LogP contribution in [0.25, 0.3) is 16.9 Å². The number of benzene rings is 2. The fourth-order valence-electron chi connectivity index (χ4n) is 3.61. The number of ether oxygens (including phenoxy) is 1. The van der Waals surface area contributed by atoms with Gasteiger partial charge in [0.05, 0.1) is 18.4 Å². The van der Waals surface area contributed by atoms with E-state index < -0.39 is 0 Å². The third-order valence-electron chi connectivity index (χ3n) is 4.73. The summed E-state index contributed by atoms with van der Waals surface area (Å²) < 4.78 is 8.89. The minimum Gasteiger partial charge on any atom is -0.494 e. The van der Waals surface area contributed by atoms with E-state index in [1.165, 1.54) is 0 Å². The van der Waals surface area contributed by atoms with Crippen molar-refractivity contribution in [2.24, 2.45) is 0 Å². The quantitative estimate of drug-likeness (QED) is 0.503. The van der Waals surface area contributed by atoms with Crippen molar-refractivity contribution in [3.63, 3.8) is 0 Å². The molecule has 2 aromatic carbocycles. The van der Waals surface area contributed by atoms with Gasteiger partial charge in [-0.2, -0.15) is 0 Å². The number of fused-ring (bicyclic) bond motifs is 1. The lowest BCUT2D eigenvalue weighted by molar-refractivity contribution is 0.0969. The standard InChI is InChI=1S/C21H17BrClNO2/c1-26-21-19-17(3-2-4-18(19)25)24(16-11-9-15(23)10-12-16)20(21)13-5-7-14(22)8-6-13/h5-12H,2-4H2,1H3. The van der Waals surface area contributed by atoms with Crippen LogP contribution in [0, 0.1) is 0 Å². The van der Waals surface area contributed by atoms with Gasteiger partial charge in [0.25, 0.3) is 0 Å². The molecule has 0 bridgehead atoms. The summed E-state index contributed by atoms with van der Waals surface area (Å²) in [5.74, 6) is 0.802. The minimum absolute atomic E-state index is 0.147. The van der Waals surface area contributed by atoms with Crippen LogP contribution >= 0.6 is 27.5 Å². The molecule has 0 unspecified atom stereocenters. The van der Waals surface area contributed by atoms with Crippen LogP contribution in [-0.2, 0) is 6.42 Å². The third-order valence-corrected chi connectivity index (χ3v) is 5.51. The first-order chi connectivity index (χ1) is 12.6. The molecule has 1 aliphatic rings. The molecule has 26 heavy (non-hydrogen) atoms. The van der Waals surface area contributed by atoms with Crippen LogP contribution in [0.4, 0.5) is 0 Å². The van der Waals surface area contributed by atoms with E-state index in [0.717, 1.165) is 40.0 Å². The Labute approximate surface area is 165 Å². The fourth-order valence-corrected chi connectivity index (χ4v) is 4.00. The second-order valence-electron chi connectivity index (χ2n) is 6.30. The third kappa shape index (κ3) is 2.87. The number of aromatic nitrogens is 1. The molecule has 0 amide bonds. The molecule has 0 aliphatic heterocycles. The molecule has 1 aliphatic carbocycles. The van der Waals surface area contributed by atoms with E-state index in [1.807, 2.05) is 48.5 Å². The van der Waals surface area contributed by atoms with Crippen LogP contribution in [0.5, 0.6) is 5.75 Å². The van der Waals surface area contributed by atoms with Crippen LogP contribution < -0.4 is 4.74 Å². The van der Waals surface area contributed by atoms with E-state index >= 15 is 0 Å². The lowest BCUT2D eigenvalue weighted by atomic mass is 9.95. The molecule has 1 aromatic heterocycles. The average molecular weight is 431 g/mol. The number of Topliss-reactive ketones (excluding diaryl/α,β-unsaturated/α-hetero) is 1. The lowest BCUT2D eigenvalue weighted by Crippen LogP contribution is -2.13. The van der Waals surface area contributed by atoms with Crippen molar-refractivity contribution in [2.75, 3.05) is 7.11 Å². The molecule has 0 saturated carbocycles. The first-order valence-electron chi connectivity index (χ1n) is 8.47. The second kappa shape index (κ2) is 6.93. The smallest absolute Gasteiger partial charge is 0.168 e. The Kier molecular flexibility index (Phi) is 4.63.